The number of aliphatic hydroxyl groups is 1. The van der Waals surface area contributed by atoms with Crippen LogP contribution in [0.3, 0.4) is 0 Å². The molecule has 0 spiro atoms. The standard InChI is InChI=1S/C11H16FNO/c1-8-5-9(3-4-10(8)12)6-11(2,13)7-14/h3-5,14H,6-7,13H2,1-2H3. The molecule has 2 nitrogen and oxygen atoms in total. The Morgan fingerprint density at radius 2 is 2.14 bits per heavy atom. The van der Waals surface area contributed by atoms with E-state index in [0.717, 1.165) is 5.56 Å². The van der Waals surface area contributed by atoms with Crippen molar-refractivity contribution in [2.45, 2.75) is 25.8 Å². The van der Waals surface area contributed by atoms with E-state index in [2.05, 4.69) is 0 Å². The van der Waals surface area contributed by atoms with Crippen LogP contribution in [0.2, 0.25) is 0 Å². The third-order valence-corrected chi connectivity index (χ3v) is 2.19. The van der Waals surface area contributed by atoms with Gasteiger partial charge in [-0.1, -0.05) is 12.1 Å². The highest BCUT2D eigenvalue weighted by atomic mass is 19.1. The second kappa shape index (κ2) is 4.07. The molecule has 0 saturated carbocycles. The maximum atomic E-state index is 12.9. The predicted octanol–water partition coefficient (Wildman–Crippen LogP) is 1.39. The molecule has 0 amide bonds. The third-order valence-electron chi connectivity index (χ3n) is 2.19. The molecule has 1 unspecified atom stereocenters. The van der Waals surface area contributed by atoms with Gasteiger partial charge in [0, 0.05) is 5.54 Å². The van der Waals surface area contributed by atoms with Gasteiger partial charge < -0.3 is 10.8 Å². The number of hydrogen-bond acceptors (Lipinski definition) is 2. The van der Waals surface area contributed by atoms with Crippen LogP contribution in [0, 0.1) is 12.7 Å². The van der Waals surface area contributed by atoms with Crippen LogP contribution < -0.4 is 5.73 Å². The van der Waals surface area contributed by atoms with Gasteiger partial charge in [0.05, 0.1) is 6.61 Å². The second-order valence-corrected chi connectivity index (χ2v) is 4.07. The molecular formula is C11H16FNO. The molecular weight excluding hydrogens is 181 g/mol. The normalized spacial score (nSPS) is 15.2. The van der Waals surface area contributed by atoms with E-state index < -0.39 is 5.54 Å². The van der Waals surface area contributed by atoms with E-state index in [1.165, 1.54) is 6.07 Å². The summed E-state index contributed by atoms with van der Waals surface area (Å²) in [6.07, 6.45) is 0.546. The Kier molecular flexibility index (Phi) is 3.24. The number of aliphatic hydroxyl groups excluding tert-OH is 1. The van der Waals surface area contributed by atoms with Crippen LogP contribution >= 0.6 is 0 Å². The van der Waals surface area contributed by atoms with Crippen molar-refractivity contribution >= 4 is 0 Å². The Morgan fingerprint density at radius 1 is 1.50 bits per heavy atom. The predicted molar refractivity (Wildman–Crippen MR) is 54.5 cm³/mol. The lowest BCUT2D eigenvalue weighted by molar-refractivity contribution is 0.208. The highest BCUT2D eigenvalue weighted by Gasteiger charge is 2.17. The zero-order chi connectivity index (χ0) is 10.8. The summed E-state index contributed by atoms with van der Waals surface area (Å²) in [5.41, 5.74) is 6.71. The highest BCUT2D eigenvalue weighted by Crippen LogP contribution is 2.14. The van der Waals surface area contributed by atoms with Gasteiger partial charge in [-0.2, -0.15) is 0 Å². The fourth-order valence-electron chi connectivity index (χ4n) is 1.34. The molecule has 3 heteroatoms. The van der Waals surface area contributed by atoms with E-state index >= 15 is 0 Å². The number of halogens is 1. The maximum absolute atomic E-state index is 12.9. The molecule has 1 aromatic carbocycles. The Hall–Kier alpha value is -0.930. The number of aryl methyl sites for hydroxylation is 1. The Balaban J connectivity index is 2.83. The second-order valence-electron chi connectivity index (χ2n) is 4.07. The molecule has 0 aromatic heterocycles. The molecule has 1 rings (SSSR count). The van der Waals surface area contributed by atoms with Gasteiger partial charge in [-0.05, 0) is 37.5 Å². The van der Waals surface area contributed by atoms with E-state index in [9.17, 15) is 4.39 Å². The number of hydrogen-bond donors (Lipinski definition) is 2. The van der Waals surface area contributed by atoms with Crippen molar-refractivity contribution < 1.29 is 9.50 Å². The third kappa shape index (κ3) is 2.79. The van der Waals surface area contributed by atoms with Crippen molar-refractivity contribution in [2.75, 3.05) is 6.61 Å². The average Bonchev–Trinajstić information content (AvgIpc) is 2.11. The molecule has 0 aliphatic rings. The molecule has 1 aromatic rings. The number of nitrogens with two attached hydrogens (primary N) is 1. The Morgan fingerprint density at radius 3 is 2.64 bits per heavy atom. The van der Waals surface area contributed by atoms with Crippen molar-refractivity contribution in [1.29, 1.82) is 0 Å². The molecule has 78 valence electrons. The van der Waals surface area contributed by atoms with Crippen LogP contribution in [-0.2, 0) is 6.42 Å². The molecule has 0 fully saturated rings. The number of rotatable bonds is 3. The fraction of sp³-hybridized carbons (Fsp3) is 0.455. The smallest absolute Gasteiger partial charge is 0.126 e. The SMILES string of the molecule is Cc1cc(CC(C)(N)CO)ccc1F. The topological polar surface area (TPSA) is 46.2 Å². The van der Waals surface area contributed by atoms with E-state index in [1.54, 1.807) is 26.0 Å². The van der Waals surface area contributed by atoms with Gasteiger partial charge in [0.25, 0.3) is 0 Å². The summed E-state index contributed by atoms with van der Waals surface area (Å²) >= 11 is 0. The summed E-state index contributed by atoms with van der Waals surface area (Å²) in [6.45, 7) is 3.40. The van der Waals surface area contributed by atoms with Crippen LogP contribution in [-0.4, -0.2) is 17.3 Å². The average molecular weight is 197 g/mol. The largest absolute Gasteiger partial charge is 0.394 e. The van der Waals surface area contributed by atoms with Gasteiger partial charge in [-0.15, -0.1) is 0 Å². The minimum atomic E-state index is -0.635. The first kappa shape index (κ1) is 11.1. The molecule has 0 saturated heterocycles. The highest BCUT2D eigenvalue weighted by molar-refractivity contribution is 5.25. The van der Waals surface area contributed by atoms with E-state index in [0.29, 0.717) is 12.0 Å². The summed E-state index contributed by atoms with van der Waals surface area (Å²) in [5, 5.41) is 8.98. The van der Waals surface area contributed by atoms with E-state index in [4.69, 9.17) is 10.8 Å². The summed E-state index contributed by atoms with van der Waals surface area (Å²) in [5.74, 6) is -0.212. The molecule has 0 radical (unpaired) electrons. The van der Waals surface area contributed by atoms with Gasteiger partial charge in [0.2, 0.25) is 0 Å². The van der Waals surface area contributed by atoms with Gasteiger partial charge in [0.15, 0.2) is 0 Å². The minimum absolute atomic E-state index is 0.0799. The zero-order valence-electron chi connectivity index (χ0n) is 8.55. The molecule has 3 N–H and O–H groups in total. The Bertz CT molecular complexity index is 323. The molecule has 0 aliphatic heterocycles. The Labute approximate surface area is 83.6 Å². The van der Waals surface area contributed by atoms with Crippen LogP contribution in [0.5, 0.6) is 0 Å². The summed E-state index contributed by atoms with van der Waals surface area (Å²) < 4.78 is 12.9. The summed E-state index contributed by atoms with van der Waals surface area (Å²) in [6, 6.07) is 4.89. The number of benzene rings is 1. The van der Waals surface area contributed by atoms with Crippen LogP contribution in [0.15, 0.2) is 18.2 Å². The first-order valence-electron chi connectivity index (χ1n) is 4.59. The lowest BCUT2D eigenvalue weighted by atomic mass is 9.94. The van der Waals surface area contributed by atoms with Crippen LogP contribution in [0.1, 0.15) is 18.1 Å². The minimum Gasteiger partial charge on any atom is -0.394 e. The first-order chi connectivity index (χ1) is 6.44. The van der Waals surface area contributed by atoms with E-state index in [1.807, 2.05) is 0 Å². The van der Waals surface area contributed by atoms with Crippen molar-refractivity contribution in [2.24, 2.45) is 5.73 Å². The lowest BCUT2D eigenvalue weighted by Gasteiger charge is -2.21. The van der Waals surface area contributed by atoms with Crippen LogP contribution in [0.25, 0.3) is 0 Å². The molecule has 0 bridgehead atoms. The van der Waals surface area contributed by atoms with Gasteiger partial charge >= 0.3 is 0 Å². The molecule has 14 heavy (non-hydrogen) atoms. The first-order valence-corrected chi connectivity index (χ1v) is 4.59. The van der Waals surface area contributed by atoms with Crippen molar-refractivity contribution in [3.05, 3.63) is 35.1 Å². The summed E-state index contributed by atoms with van der Waals surface area (Å²) in [4.78, 5) is 0. The lowest BCUT2D eigenvalue weighted by Crippen LogP contribution is -2.42. The van der Waals surface area contributed by atoms with Crippen molar-refractivity contribution in [3.63, 3.8) is 0 Å². The monoisotopic (exact) mass is 197 g/mol. The summed E-state index contributed by atoms with van der Waals surface area (Å²) in [7, 11) is 0. The molecule has 0 heterocycles. The van der Waals surface area contributed by atoms with E-state index in [-0.39, 0.29) is 12.4 Å². The van der Waals surface area contributed by atoms with Crippen LogP contribution in [0.4, 0.5) is 4.39 Å². The van der Waals surface area contributed by atoms with Gasteiger partial charge in [0.1, 0.15) is 5.82 Å². The zero-order valence-corrected chi connectivity index (χ0v) is 8.55. The van der Waals surface area contributed by atoms with Crippen molar-refractivity contribution in [1.82, 2.24) is 0 Å². The molecule has 0 aliphatic carbocycles. The maximum Gasteiger partial charge on any atom is 0.126 e. The quantitative estimate of drug-likeness (QED) is 0.769. The molecule has 1 atom stereocenters. The van der Waals surface area contributed by atoms with Gasteiger partial charge in [-0.25, -0.2) is 4.39 Å². The van der Waals surface area contributed by atoms with Crippen molar-refractivity contribution in [3.8, 4) is 0 Å². The fourth-order valence-corrected chi connectivity index (χ4v) is 1.34. The van der Waals surface area contributed by atoms with Gasteiger partial charge in [-0.3, -0.25) is 0 Å².